The van der Waals surface area contributed by atoms with Gasteiger partial charge in [0.25, 0.3) is 0 Å². The molecule has 0 atom stereocenters. The van der Waals surface area contributed by atoms with E-state index in [4.69, 9.17) is 5.21 Å². The highest BCUT2D eigenvalue weighted by Gasteiger charge is 2.05. The van der Waals surface area contributed by atoms with Crippen LogP contribution in [0.4, 0.5) is 0 Å². The van der Waals surface area contributed by atoms with Crippen LogP contribution in [0, 0.1) is 27.7 Å². The van der Waals surface area contributed by atoms with Crippen molar-refractivity contribution in [2.45, 2.75) is 34.2 Å². The van der Waals surface area contributed by atoms with E-state index in [0.29, 0.717) is 6.54 Å². The van der Waals surface area contributed by atoms with E-state index in [0.717, 1.165) is 0 Å². The van der Waals surface area contributed by atoms with E-state index in [2.05, 4.69) is 39.2 Å². The van der Waals surface area contributed by atoms with Gasteiger partial charge >= 0.3 is 0 Å². The van der Waals surface area contributed by atoms with E-state index < -0.39 is 0 Å². The summed E-state index contributed by atoms with van der Waals surface area (Å²) < 4.78 is 0. The lowest BCUT2D eigenvalue weighted by molar-refractivity contribution is 0.161. The van der Waals surface area contributed by atoms with Crippen molar-refractivity contribution in [3.8, 4) is 0 Å². The van der Waals surface area contributed by atoms with E-state index in [1.54, 1.807) is 0 Å². The number of hydroxylamine groups is 1. The molecule has 0 aliphatic carbocycles. The molecule has 72 valence electrons. The van der Waals surface area contributed by atoms with Crippen LogP contribution in [0.3, 0.4) is 0 Å². The van der Waals surface area contributed by atoms with Crippen molar-refractivity contribution in [2.75, 3.05) is 0 Å². The molecule has 0 aromatic heterocycles. The van der Waals surface area contributed by atoms with Crippen molar-refractivity contribution >= 4 is 0 Å². The summed E-state index contributed by atoms with van der Waals surface area (Å²) in [4.78, 5) is 0. The van der Waals surface area contributed by atoms with E-state index in [-0.39, 0.29) is 0 Å². The fraction of sp³-hybridized carbons (Fsp3) is 0.455. The summed E-state index contributed by atoms with van der Waals surface area (Å²) >= 11 is 0. The summed E-state index contributed by atoms with van der Waals surface area (Å²) in [6.07, 6.45) is 0. The highest BCUT2D eigenvalue weighted by molar-refractivity contribution is 5.43. The van der Waals surface area contributed by atoms with E-state index in [1.807, 2.05) is 0 Å². The van der Waals surface area contributed by atoms with Crippen LogP contribution < -0.4 is 5.48 Å². The van der Waals surface area contributed by atoms with Gasteiger partial charge in [0.1, 0.15) is 0 Å². The Bertz CT molecular complexity index is 318. The van der Waals surface area contributed by atoms with Gasteiger partial charge in [-0.05, 0) is 55.5 Å². The first-order valence-electron chi connectivity index (χ1n) is 4.51. The Morgan fingerprint density at radius 3 is 2.23 bits per heavy atom. The summed E-state index contributed by atoms with van der Waals surface area (Å²) in [7, 11) is 0. The zero-order chi connectivity index (χ0) is 10.0. The monoisotopic (exact) mass is 179 g/mol. The number of hydrogen-bond donors (Lipinski definition) is 2. The van der Waals surface area contributed by atoms with Crippen molar-refractivity contribution in [2.24, 2.45) is 0 Å². The second-order valence-electron chi connectivity index (χ2n) is 3.56. The van der Waals surface area contributed by atoms with Crippen LogP contribution in [0.25, 0.3) is 0 Å². The predicted octanol–water partition coefficient (Wildman–Crippen LogP) is 2.40. The van der Waals surface area contributed by atoms with Gasteiger partial charge in [-0.25, -0.2) is 5.48 Å². The highest BCUT2D eigenvalue weighted by Crippen LogP contribution is 2.20. The highest BCUT2D eigenvalue weighted by atomic mass is 16.5. The van der Waals surface area contributed by atoms with Crippen molar-refractivity contribution in [1.82, 2.24) is 5.48 Å². The fourth-order valence-electron chi connectivity index (χ4n) is 1.56. The molecular formula is C11H17NO. The summed E-state index contributed by atoms with van der Waals surface area (Å²) in [5.41, 5.74) is 8.59. The smallest absolute Gasteiger partial charge is 0.0460 e. The number of rotatable bonds is 2. The molecule has 0 radical (unpaired) electrons. The summed E-state index contributed by atoms with van der Waals surface area (Å²) in [5, 5.41) is 8.65. The molecule has 0 fully saturated rings. The molecule has 0 bridgehead atoms. The van der Waals surface area contributed by atoms with Crippen molar-refractivity contribution in [3.05, 3.63) is 33.9 Å². The predicted molar refractivity (Wildman–Crippen MR) is 54.0 cm³/mol. The van der Waals surface area contributed by atoms with Crippen molar-refractivity contribution in [1.29, 1.82) is 0 Å². The van der Waals surface area contributed by atoms with Gasteiger partial charge in [0, 0.05) is 6.54 Å². The molecular weight excluding hydrogens is 162 g/mol. The van der Waals surface area contributed by atoms with Gasteiger partial charge in [-0.2, -0.15) is 0 Å². The van der Waals surface area contributed by atoms with Crippen LogP contribution in [0.15, 0.2) is 6.07 Å². The molecule has 0 spiro atoms. The Balaban J connectivity index is 3.24. The standard InChI is InChI=1S/C11H17NO/c1-7-5-11(6-12-13)10(4)9(3)8(7)2/h5,12-13H,6H2,1-4H3. The minimum atomic E-state index is 0.522. The van der Waals surface area contributed by atoms with Crippen LogP contribution in [-0.2, 0) is 6.54 Å². The Kier molecular flexibility index (Phi) is 3.07. The van der Waals surface area contributed by atoms with Gasteiger partial charge < -0.3 is 5.21 Å². The minimum absolute atomic E-state index is 0.522. The van der Waals surface area contributed by atoms with Gasteiger partial charge in [-0.1, -0.05) is 6.07 Å². The molecule has 2 heteroatoms. The Morgan fingerprint density at radius 1 is 1.08 bits per heavy atom. The van der Waals surface area contributed by atoms with Crippen LogP contribution in [-0.4, -0.2) is 5.21 Å². The molecule has 1 aromatic carbocycles. The third-order valence-electron chi connectivity index (χ3n) is 2.86. The lowest BCUT2D eigenvalue weighted by Crippen LogP contribution is -2.09. The van der Waals surface area contributed by atoms with Gasteiger partial charge in [0.15, 0.2) is 0 Å². The maximum Gasteiger partial charge on any atom is 0.0460 e. The number of benzene rings is 1. The van der Waals surface area contributed by atoms with Gasteiger partial charge in [0.05, 0.1) is 0 Å². The SMILES string of the molecule is Cc1cc(CNO)c(C)c(C)c1C. The Labute approximate surface area is 79.6 Å². The quantitative estimate of drug-likeness (QED) is 0.683. The summed E-state index contributed by atoms with van der Waals surface area (Å²) in [6.45, 7) is 8.97. The topological polar surface area (TPSA) is 32.3 Å². The molecule has 0 aliphatic heterocycles. The number of nitrogens with one attached hydrogen (secondary N) is 1. The van der Waals surface area contributed by atoms with Crippen LogP contribution in [0.1, 0.15) is 27.8 Å². The molecule has 0 amide bonds. The van der Waals surface area contributed by atoms with Crippen molar-refractivity contribution < 1.29 is 5.21 Å². The summed E-state index contributed by atoms with van der Waals surface area (Å²) in [5.74, 6) is 0. The molecule has 2 N–H and O–H groups in total. The molecule has 1 aromatic rings. The van der Waals surface area contributed by atoms with Crippen LogP contribution in [0.5, 0.6) is 0 Å². The Hall–Kier alpha value is -0.860. The maximum atomic E-state index is 8.65. The minimum Gasteiger partial charge on any atom is -0.316 e. The summed E-state index contributed by atoms with van der Waals surface area (Å²) in [6, 6.07) is 2.13. The average Bonchev–Trinajstić information content (AvgIpc) is 2.11. The first-order valence-corrected chi connectivity index (χ1v) is 4.51. The molecule has 2 nitrogen and oxygen atoms in total. The second kappa shape index (κ2) is 3.90. The third-order valence-corrected chi connectivity index (χ3v) is 2.86. The fourth-order valence-corrected chi connectivity index (χ4v) is 1.56. The Morgan fingerprint density at radius 2 is 1.69 bits per heavy atom. The van der Waals surface area contributed by atoms with Gasteiger partial charge in [-0.15, -0.1) is 0 Å². The molecule has 0 saturated heterocycles. The lowest BCUT2D eigenvalue weighted by atomic mass is 9.95. The first-order chi connectivity index (χ1) is 6.07. The van der Waals surface area contributed by atoms with Crippen molar-refractivity contribution in [3.63, 3.8) is 0 Å². The lowest BCUT2D eigenvalue weighted by Gasteiger charge is -2.13. The molecule has 0 saturated carbocycles. The number of aryl methyl sites for hydroxylation is 1. The number of hydrogen-bond acceptors (Lipinski definition) is 2. The van der Waals surface area contributed by atoms with E-state index >= 15 is 0 Å². The molecule has 1 rings (SSSR count). The van der Waals surface area contributed by atoms with E-state index in [9.17, 15) is 0 Å². The molecule has 13 heavy (non-hydrogen) atoms. The molecule has 0 unspecified atom stereocenters. The average molecular weight is 179 g/mol. The maximum absolute atomic E-state index is 8.65. The molecule has 0 heterocycles. The van der Waals surface area contributed by atoms with Gasteiger partial charge in [-0.3, -0.25) is 0 Å². The van der Waals surface area contributed by atoms with Gasteiger partial charge in [0.2, 0.25) is 0 Å². The zero-order valence-corrected chi connectivity index (χ0v) is 8.73. The first kappa shape index (κ1) is 10.2. The van der Waals surface area contributed by atoms with Crippen LogP contribution in [0.2, 0.25) is 0 Å². The normalized spacial score (nSPS) is 10.5. The zero-order valence-electron chi connectivity index (χ0n) is 8.73. The third kappa shape index (κ3) is 1.90. The largest absolute Gasteiger partial charge is 0.316 e. The van der Waals surface area contributed by atoms with E-state index in [1.165, 1.54) is 27.8 Å². The second-order valence-corrected chi connectivity index (χ2v) is 3.56. The molecule has 0 aliphatic rings. The van der Waals surface area contributed by atoms with Crippen LogP contribution >= 0.6 is 0 Å².